The number of para-hydroxylation sites is 1. The van der Waals surface area contributed by atoms with Crippen LogP contribution in [0.25, 0.3) is 0 Å². The highest BCUT2D eigenvalue weighted by atomic mass is 16.5. The molecule has 1 atom stereocenters. The molecule has 3 aliphatic heterocycles. The molecule has 0 aromatic heterocycles. The van der Waals surface area contributed by atoms with Crippen molar-refractivity contribution in [3.63, 3.8) is 0 Å². The summed E-state index contributed by atoms with van der Waals surface area (Å²) in [5.41, 5.74) is -0.375. The van der Waals surface area contributed by atoms with Crippen LogP contribution in [0.1, 0.15) is 48.9 Å². The van der Waals surface area contributed by atoms with Gasteiger partial charge in [0.15, 0.2) is 5.72 Å². The molecule has 3 amide bonds. The summed E-state index contributed by atoms with van der Waals surface area (Å²) in [6.07, 6.45) is 4.33. The summed E-state index contributed by atoms with van der Waals surface area (Å²) in [6.45, 7) is 2.06. The molecule has 4 rings (SSSR count). The van der Waals surface area contributed by atoms with Crippen LogP contribution in [0.5, 0.6) is 5.75 Å². The van der Waals surface area contributed by atoms with E-state index in [2.05, 4.69) is 5.32 Å². The van der Waals surface area contributed by atoms with Crippen LogP contribution in [0.2, 0.25) is 0 Å². The van der Waals surface area contributed by atoms with E-state index in [-0.39, 0.29) is 30.7 Å². The molecule has 0 unspecified atom stereocenters. The van der Waals surface area contributed by atoms with E-state index in [1.165, 1.54) is 0 Å². The van der Waals surface area contributed by atoms with Gasteiger partial charge in [0.1, 0.15) is 5.75 Å². The summed E-state index contributed by atoms with van der Waals surface area (Å²) in [5.74, 6) is 0.320. The molecule has 0 saturated carbocycles. The number of ether oxygens (including phenoxy) is 1. The van der Waals surface area contributed by atoms with Gasteiger partial charge in [0.05, 0.1) is 12.1 Å². The first-order valence-corrected chi connectivity index (χ1v) is 9.72. The lowest BCUT2D eigenvalue weighted by Crippen LogP contribution is -2.56. The van der Waals surface area contributed by atoms with Gasteiger partial charge in [0.2, 0.25) is 11.8 Å². The molecule has 0 bridgehead atoms. The molecular weight excluding hydrogens is 346 g/mol. The van der Waals surface area contributed by atoms with E-state index in [1.807, 2.05) is 11.0 Å². The number of rotatable bonds is 2. The Balaban J connectivity index is 1.44. The molecule has 0 radical (unpaired) electrons. The summed E-state index contributed by atoms with van der Waals surface area (Å²) < 4.78 is 6.12. The minimum atomic E-state index is -0.885. The van der Waals surface area contributed by atoms with Gasteiger partial charge in [-0.25, -0.2) is 0 Å². The quantitative estimate of drug-likeness (QED) is 0.855. The molecule has 3 aliphatic rings. The predicted molar refractivity (Wildman–Crippen MR) is 98.1 cm³/mol. The summed E-state index contributed by atoms with van der Waals surface area (Å²) in [5, 5.41) is 2.95. The van der Waals surface area contributed by atoms with Crippen LogP contribution in [0.4, 0.5) is 0 Å². The Kier molecular flexibility index (Phi) is 4.76. The Bertz CT molecular complexity index is 759. The number of piperidine rings is 1. The second-order valence-corrected chi connectivity index (χ2v) is 7.55. The third-order valence-electron chi connectivity index (χ3n) is 5.69. The zero-order chi connectivity index (χ0) is 18.9. The van der Waals surface area contributed by atoms with Gasteiger partial charge in [-0.3, -0.25) is 14.4 Å². The Morgan fingerprint density at radius 2 is 1.85 bits per heavy atom. The number of carbonyl (C=O) groups excluding carboxylic acids is 3. The molecule has 1 aromatic carbocycles. The monoisotopic (exact) mass is 371 g/mol. The third-order valence-corrected chi connectivity index (χ3v) is 5.69. The van der Waals surface area contributed by atoms with E-state index < -0.39 is 5.72 Å². The van der Waals surface area contributed by atoms with Crippen LogP contribution >= 0.6 is 0 Å². The first kappa shape index (κ1) is 17.8. The molecule has 7 heteroatoms. The highest BCUT2D eigenvalue weighted by Gasteiger charge is 2.42. The van der Waals surface area contributed by atoms with Gasteiger partial charge < -0.3 is 19.9 Å². The van der Waals surface area contributed by atoms with Crippen molar-refractivity contribution < 1.29 is 19.1 Å². The molecule has 0 aliphatic carbocycles. The second kappa shape index (κ2) is 7.21. The zero-order valence-corrected chi connectivity index (χ0v) is 15.4. The predicted octanol–water partition coefficient (Wildman–Crippen LogP) is 1.53. The number of carbonyl (C=O) groups is 3. The molecule has 27 heavy (non-hydrogen) atoms. The van der Waals surface area contributed by atoms with Gasteiger partial charge in [0.25, 0.3) is 5.91 Å². The fourth-order valence-corrected chi connectivity index (χ4v) is 4.09. The molecule has 1 spiro atoms. The van der Waals surface area contributed by atoms with E-state index >= 15 is 0 Å². The van der Waals surface area contributed by atoms with E-state index in [0.717, 1.165) is 32.4 Å². The van der Waals surface area contributed by atoms with Crippen LogP contribution in [0.3, 0.4) is 0 Å². The Hall–Kier alpha value is -2.57. The summed E-state index contributed by atoms with van der Waals surface area (Å²) >= 11 is 0. The van der Waals surface area contributed by atoms with E-state index in [4.69, 9.17) is 4.74 Å². The molecular formula is C20H25N3O4. The van der Waals surface area contributed by atoms with Crippen LogP contribution in [0.15, 0.2) is 24.3 Å². The molecule has 1 aromatic rings. The van der Waals surface area contributed by atoms with Gasteiger partial charge in [0, 0.05) is 38.9 Å². The number of benzene rings is 1. The van der Waals surface area contributed by atoms with Gasteiger partial charge in [-0.15, -0.1) is 0 Å². The fraction of sp³-hybridized carbons (Fsp3) is 0.550. The highest BCUT2D eigenvalue weighted by molar-refractivity contribution is 5.98. The lowest BCUT2D eigenvalue weighted by Gasteiger charge is -2.38. The lowest BCUT2D eigenvalue weighted by molar-refractivity contribution is -0.140. The normalized spacial score (nSPS) is 25.5. The SMILES string of the molecule is O=C1N[C@@]2(CCC(=O)N(CC(=O)N3CCCCC3)CC2)Oc2ccccc21. The first-order chi connectivity index (χ1) is 13.1. The maximum atomic E-state index is 12.6. The summed E-state index contributed by atoms with van der Waals surface area (Å²) in [4.78, 5) is 41.0. The Labute approximate surface area is 158 Å². The molecule has 2 saturated heterocycles. The second-order valence-electron chi connectivity index (χ2n) is 7.55. The summed E-state index contributed by atoms with van der Waals surface area (Å²) in [7, 11) is 0. The number of nitrogens with zero attached hydrogens (tertiary/aromatic N) is 2. The molecule has 7 nitrogen and oxygen atoms in total. The average Bonchev–Trinajstić information content (AvgIpc) is 2.83. The molecule has 2 fully saturated rings. The van der Waals surface area contributed by atoms with Crippen molar-refractivity contribution in [3.8, 4) is 5.75 Å². The van der Waals surface area contributed by atoms with Crippen molar-refractivity contribution in [3.05, 3.63) is 29.8 Å². The molecule has 3 heterocycles. The number of hydrogen-bond donors (Lipinski definition) is 1. The van der Waals surface area contributed by atoms with Crippen LogP contribution in [-0.2, 0) is 9.59 Å². The minimum absolute atomic E-state index is 0.0120. The van der Waals surface area contributed by atoms with Crippen LogP contribution < -0.4 is 10.1 Å². The van der Waals surface area contributed by atoms with Gasteiger partial charge >= 0.3 is 0 Å². The number of amides is 3. The van der Waals surface area contributed by atoms with Crippen LogP contribution in [-0.4, -0.2) is 59.4 Å². The van der Waals surface area contributed by atoms with Crippen molar-refractivity contribution >= 4 is 17.7 Å². The molecule has 1 N–H and O–H groups in total. The standard InChI is InChI=1S/C20H25N3O4/c24-17-8-9-20(21-19(26)15-6-2-3-7-16(15)27-20)10-13-23(17)14-18(25)22-11-4-1-5-12-22/h2-3,6-7H,1,4-5,8-14H2,(H,21,26)/t20-/m0/s1. The molecule has 144 valence electrons. The first-order valence-electron chi connectivity index (χ1n) is 9.72. The van der Waals surface area contributed by atoms with E-state index in [0.29, 0.717) is 30.7 Å². The van der Waals surface area contributed by atoms with E-state index in [1.54, 1.807) is 23.1 Å². The average molecular weight is 371 g/mol. The maximum Gasteiger partial charge on any atom is 0.258 e. The summed E-state index contributed by atoms with van der Waals surface area (Å²) in [6, 6.07) is 7.13. The highest BCUT2D eigenvalue weighted by Crippen LogP contribution is 2.33. The fourth-order valence-electron chi connectivity index (χ4n) is 4.09. The largest absolute Gasteiger partial charge is 0.467 e. The maximum absolute atomic E-state index is 12.6. The van der Waals surface area contributed by atoms with Gasteiger partial charge in [-0.1, -0.05) is 12.1 Å². The van der Waals surface area contributed by atoms with Gasteiger partial charge in [-0.05, 0) is 31.4 Å². The minimum Gasteiger partial charge on any atom is -0.467 e. The smallest absolute Gasteiger partial charge is 0.258 e. The number of fused-ring (bicyclic) bond motifs is 1. The van der Waals surface area contributed by atoms with Crippen molar-refractivity contribution in [2.24, 2.45) is 0 Å². The Morgan fingerprint density at radius 1 is 1.07 bits per heavy atom. The van der Waals surface area contributed by atoms with Crippen LogP contribution in [0, 0.1) is 0 Å². The topological polar surface area (TPSA) is 79.0 Å². The third kappa shape index (κ3) is 3.63. The van der Waals surface area contributed by atoms with Crippen molar-refractivity contribution in [2.45, 2.75) is 44.2 Å². The van der Waals surface area contributed by atoms with Gasteiger partial charge in [-0.2, -0.15) is 0 Å². The zero-order valence-electron chi connectivity index (χ0n) is 15.4. The number of hydrogen-bond acceptors (Lipinski definition) is 4. The van der Waals surface area contributed by atoms with Crippen molar-refractivity contribution in [1.82, 2.24) is 15.1 Å². The number of nitrogens with one attached hydrogen (secondary N) is 1. The van der Waals surface area contributed by atoms with Crippen molar-refractivity contribution in [1.29, 1.82) is 0 Å². The van der Waals surface area contributed by atoms with Crippen molar-refractivity contribution in [2.75, 3.05) is 26.2 Å². The lowest BCUT2D eigenvalue weighted by atomic mass is 10.0. The Morgan fingerprint density at radius 3 is 2.67 bits per heavy atom. The number of likely N-dealkylation sites (tertiary alicyclic amines) is 2. The van der Waals surface area contributed by atoms with E-state index in [9.17, 15) is 14.4 Å².